The quantitative estimate of drug-likeness (QED) is 0.875. The van der Waals surface area contributed by atoms with E-state index in [1.54, 1.807) is 0 Å². The smallest absolute Gasteiger partial charge is 0.136 e. The van der Waals surface area contributed by atoms with E-state index in [4.69, 9.17) is 0 Å². The third-order valence-corrected chi connectivity index (χ3v) is 3.09. The van der Waals surface area contributed by atoms with Crippen LogP contribution in [-0.2, 0) is 6.42 Å². The standard InChI is InChI=1S/C14H17BrN4/c1-3-5-12-18-13(16-2)9-14(19-12)17-11-7-4-6-10(15)8-11/h4,6-9H,3,5H2,1-2H3,(H2,16,17,18,19). The lowest BCUT2D eigenvalue weighted by molar-refractivity contribution is 0.838. The maximum Gasteiger partial charge on any atom is 0.136 e. The minimum Gasteiger partial charge on any atom is -0.373 e. The fourth-order valence-electron chi connectivity index (χ4n) is 1.74. The van der Waals surface area contributed by atoms with Gasteiger partial charge in [0.25, 0.3) is 0 Å². The Morgan fingerprint density at radius 2 is 1.95 bits per heavy atom. The molecule has 0 spiro atoms. The molecular weight excluding hydrogens is 304 g/mol. The Kier molecular flexibility index (Phi) is 4.74. The molecule has 0 bridgehead atoms. The van der Waals surface area contributed by atoms with E-state index in [2.05, 4.69) is 43.5 Å². The molecule has 0 fully saturated rings. The zero-order valence-electron chi connectivity index (χ0n) is 11.1. The number of hydrogen-bond donors (Lipinski definition) is 2. The molecule has 0 aliphatic rings. The molecule has 0 aliphatic heterocycles. The van der Waals surface area contributed by atoms with Gasteiger partial charge in [0.1, 0.15) is 17.5 Å². The third kappa shape index (κ3) is 3.92. The molecule has 5 heteroatoms. The van der Waals surface area contributed by atoms with Crippen LogP contribution in [0.5, 0.6) is 0 Å². The maximum absolute atomic E-state index is 4.52. The molecule has 0 unspecified atom stereocenters. The predicted molar refractivity (Wildman–Crippen MR) is 83.0 cm³/mol. The van der Waals surface area contributed by atoms with Crippen molar-refractivity contribution in [3.8, 4) is 0 Å². The molecule has 100 valence electrons. The minimum atomic E-state index is 0.806. The molecule has 4 nitrogen and oxygen atoms in total. The van der Waals surface area contributed by atoms with Crippen LogP contribution in [-0.4, -0.2) is 17.0 Å². The van der Waals surface area contributed by atoms with Crippen molar-refractivity contribution >= 4 is 33.3 Å². The molecular formula is C14H17BrN4. The molecule has 0 atom stereocenters. The van der Waals surface area contributed by atoms with E-state index >= 15 is 0 Å². The molecule has 1 heterocycles. The molecule has 0 amide bonds. The van der Waals surface area contributed by atoms with Crippen LogP contribution in [0.3, 0.4) is 0 Å². The normalized spacial score (nSPS) is 10.3. The minimum absolute atomic E-state index is 0.806. The van der Waals surface area contributed by atoms with Gasteiger partial charge in [0.15, 0.2) is 0 Å². The average molecular weight is 321 g/mol. The highest BCUT2D eigenvalue weighted by molar-refractivity contribution is 9.10. The van der Waals surface area contributed by atoms with Crippen LogP contribution in [0.4, 0.5) is 17.3 Å². The van der Waals surface area contributed by atoms with E-state index in [0.29, 0.717) is 0 Å². The highest BCUT2D eigenvalue weighted by Crippen LogP contribution is 2.21. The Bertz CT molecular complexity index is 557. The monoisotopic (exact) mass is 320 g/mol. The molecule has 2 rings (SSSR count). The maximum atomic E-state index is 4.52. The van der Waals surface area contributed by atoms with Crippen molar-refractivity contribution in [1.29, 1.82) is 0 Å². The second kappa shape index (κ2) is 6.52. The van der Waals surface area contributed by atoms with Gasteiger partial charge in [0.2, 0.25) is 0 Å². The van der Waals surface area contributed by atoms with Crippen molar-refractivity contribution in [2.75, 3.05) is 17.7 Å². The van der Waals surface area contributed by atoms with Crippen molar-refractivity contribution < 1.29 is 0 Å². The van der Waals surface area contributed by atoms with Crippen LogP contribution >= 0.6 is 15.9 Å². The second-order valence-electron chi connectivity index (χ2n) is 4.19. The van der Waals surface area contributed by atoms with Gasteiger partial charge in [-0.3, -0.25) is 0 Å². The third-order valence-electron chi connectivity index (χ3n) is 2.60. The number of rotatable bonds is 5. The van der Waals surface area contributed by atoms with Gasteiger partial charge in [-0.1, -0.05) is 28.9 Å². The van der Waals surface area contributed by atoms with Crippen LogP contribution in [0.2, 0.25) is 0 Å². The molecule has 1 aromatic heterocycles. The van der Waals surface area contributed by atoms with Crippen LogP contribution in [0.25, 0.3) is 0 Å². The summed E-state index contributed by atoms with van der Waals surface area (Å²) in [5, 5.41) is 6.36. The Morgan fingerprint density at radius 1 is 1.16 bits per heavy atom. The molecule has 0 saturated heterocycles. The number of hydrogen-bond acceptors (Lipinski definition) is 4. The number of nitrogens with zero attached hydrogens (tertiary/aromatic N) is 2. The van der Waals surface area contributed by atoms with Crippen molar-refractivity contribution in [3.05, 3.63) is 40.6 Å². The summed E-state index contributed by atoms with van der Waals surface area (Å²) in [5.74, 6) is 2.49. The largest absolute Gasteiger partial charge is 0.373 e. The van der Waals surface area contributed by atoms with Crippen molar-refractivity contribution in [1.82, 2.24) is 9.97 Å². The average Bonchev–Trinajstić information content (AvgIpc) is 2.39. The summed E-state index contributed by atoms with van der Waals surface area (Å²) in [5.41, 5.74) is 0.998. The highest BCUT2D eigenvalue weighted by atomic mass is 79.9. The topological polar surface area (TPSA) is 49.8 Å². The molecule has 0 saturated carbocycles. The van der Waals surface area contributed by atoms with E-state index in [1.165, 1.54) is 0 Å². The van der Waals surface area contributed by atoms with Gasteiger partial charge in [-0.15, -0.1) is 0 Å². The molecule has 2 aromatic rings. The van der Waals surface area contributed by atoms with Gasteiger partial charge in [-0.2, -0.15) is 0 Å². The number of halogens is 1. The van der Waals surface area contributed by atoms with Crippen LogP contribution < -0.4 is 10.6 Å². The lowest BCUT2D eigenvalue weighted by Crippen LogP contribution is -2.03. The number of anilines is 3. The van der Waals surface area contributed by atoms with Crippen molar-refractivity contribution in [2.24, 2.45) is 0 Å². The Hall–Kier alpha value is -1.62. The van der Waals surface area contributed by atoms with Gasteiger partial charge in [0, 0.05) is 29.7 Å². The lowest BCUT2D eigenvalue weighted by Gasteiger charge is -2.09. The SMILES string of the molecule is CCCc1nc(NC)cc(Nc2cccc(Br)c2)n1. The molecule has 0 aliphatic carbocycles. The van der Waals surface area contributed by atoms with Crippen LogP contribution in [0.1, 0.15) is 19.2 Å². The zero-order chi connectivity index (χ0) is 13.7. The Morgan fingerprint density at radius 3 is 2.63 bits per heavy atom. The number of aryl methyl sites for hydroxylation is 1. The van der Waals surface area contributed by atoms with Gasteiger partial charge in [-0.05, 0) is 24.6 Å². The van der Waals surface area contributed by atoms with Crippen molar-refractivity contribution in [2.45, 2.75) is 19.8 Å². The van der Waals surface area contributed by atoms with Gasteiger partial charge in [-0.25, -0.2) is 9.97 Å². The van der Waals surface area contributed by atoms with Gasteiger partial charge < -0.3 is 10.6 Å². The Labute approximate surface area is 121 Å². The summed E-state index contributed by atoms with van der Waals surface area (Å²) in [6.07, 6.45) is 1.91. The van der Waals surface area contributed by atoms with E-state index in [0.717, 1.165) is 40.5 Å². The second-order valence-corrected chi connectivity index (χ2v) is 5.11. The molecule has 0 radical (unpaired) electrons. The number of benzene rings is 1. The first-order valence-electron chi connectivity index (χ1n) is 6.29. The fourth-order valence-corrected chi connectivity index (χ4v) is 2.14. The molecule has 2 N–H and O–H groups in total. The van der Waals surface area contributed by atoms with E-state index in [9.17, 15) is 0 Å². The van der Waals surface area contributed by atoms with Crippen LogP contribution in [0, 0.1) is 0 Å². The first-order chi connectivity index (χ1) is 9.21. The predicted octanol–water partition coefficient (Wildman–Crippen LogP) is 3.98. The highest BCUT2D eigenvalue weighted by Gasteiger charge is 2.04. The molecule has 19 heavy (non-hydrogen) atoms. The first kappa shape index (κ1) is 13.8. The summed E-state index contributed by atoms with van der Waals surface area (Å²) in [6, 6.07) is 9.90. The van der Waals surface area contributed by atoms with Gasteiger partial charge in [0.05, 0.1) is 0 Å². The van der Waals surface area contributed by atoms with E-state index < -0.39 is 0 Å². The number of aromatic nitrogens is 2. The first-order valence-corrected chi connectivity index (χ1v) is 7.09. The van der Waals surface area contributed by atoms with Crippen LogP contribution in [0.15, 0.2) is 34.8 Å². The summed E-state index contributed by atoms with van der Waals surface area (Å²) in [6.45, 7) is 2.12. The summed E-state index contributed by atoms with van der Waals surface area (Å²) in [7, 11) is 1.86. The molecule has 1 aromatic carbocycles. The fraction of sp³-hybridized carbons (Fsp3) is 0.286. The van der Waals surface area contributed by atoms with E-state index in [1.807, 2.05) is 37.4 Å². The summed E-state index contributed by atoms with van der Waals surface area (Å²) < 4.78 is 1.04. The number of nitrogens with one attached hydrogen (secondary N) is 2. The van der Waals surface area contributed by atoms with Crippen molar-refractivity contribution in [3.63, 3.8) is 0 Å². The lowest BCUT2D eigenvalue weighted by atomic mass is 10.3. The zero-order valence-corrected chi connectivity index (χ0v) is 12.7. The summed E-state index contributed by atoms with van der Waals surface area (Å²) in [4.78, 5) is 8.95. The Balaban J connectivity index is 2.26. The van der Waals surface area contributed by atoms with E-state index in [-0.39, 0.29) is 0 Å². The summed E-state index contributed by atoms with van der Waals surface area (Å²) >= 11 is 3.46. The van der Waals surface area contributed by atoms with Gasteiger partial charge >= 0.3 is 0 Å².